The second kappa shape index (κ2) is 7.26. The molecule has 0 N–H and O–H groups in total. The quantitative estimate of drug-likeness (QED) is 0.781. The van der Waals surface area contributed by atoms with Crippen molar-refractivity contribution in [1.82, 2.24) is 15.0 Å². The summed E-state index contributed by atoms with van der Waals surface area (Å²) in [6.07, 6.45) is 1.76. The summed E-state index contributed by atoms with van der Waals surface area (Å²) in [4.78, 5) is 19.4. The zero-order valence-corrected chi connectivity index (χ0v) is 14.6. The number of hydrogen-bond donors (Lipinski definition) is 0. The van der Waals surface area contributed by atoms with Crippen molar-refractivity contribution in [3.8, 4) is 0 Å². The zero-order valence-electron chi connectivity index (χ0n) is 14.6. The third-order valence-electron chi connectivity index (χ3n) is 4.84. The van der Waals surface area contributed by atoms with Gasteiger partial charge in [-0.25, -0.2) is 0 Å². The maximum Gasteiger partial charge on any atom is 0.243 e. The average molecular weight is 327 g/mol. The van der Waals surface area contributed by atoms with Crippen LogP contribution >= 0.6 is 0 Å². The normalized spacial score (nSPS) is 18.0. The fourth-order valence-corrected chi connectivity index (χ4v) is 3.19. The van der Waals surface area contributed by atoms with Crippen molar-refractivity contribution in [3.05, 3.63) is 47.6 Å². The lowest BCUT2D eigenvalue weighted by Crippen LogP contribution is -2.38. The summed E-state index contributed by atoms with van der Waals surface area (Å²) in [7, 11) is 0. The zero-order chi connectivity index (χ0) is 17.1. The molecular weight excluding hydrogens is 302 g/mol. The summed E-state index contributed by atoms with van der Waals surface area (Å²) in [6.45, 7) is 7.96. The minimum Gasteiger partial charge on any atom is -0.338 e. The Kier molecular flexibility index (Phi) is 5.09. The molecule has 1 aromatic carbocycles. The molecule has 3 rings (SSSR count). The Hall–Kier alpha value is -2.01. The molecule has 1 aliphatic heterocycles. The van der Waals surface area contributed by atoms with Crippen LogP contribution in [0.25, 0.3) is 0 Å². The van der Waals surface area contributed by atoms with Crippen molar-refractivity contribution in [1.29, 1.82) is 0 Å². The van der Waals surface area contributed by atoms with Crippen LogP contribution in [-0.4, -0.2) is 33.9 Å². The van der Waals surface area contributed by atoms with E-state index in [1.54, 1.807) is 0 Å². The Morgan fingerprint density at radius 1 is 1.17 bits per heavy atom. The van der Waals surface area contributed by atoms with E-state index in [-0.39, 0.29) is 23.7 Å². The second-order valence-corrected chi connectivity index (χ2v) is 6.86. The van der Waals surface area contributed by atoms with Crippen LogP contribution in [0.3, 0.4) is 0 Å². The molecule has 128 valence electrons. The van der Waals surface area contributed by atoms with E-state index < -0.39 is 0 Å². The van der Waals surface area contributed by atoms with Crippen LogP contribution in [0.15, 0.2) is 34.9 Å². The Bertz CT molecular complexity index is 673. The van der Waals surface area contributed by atoms with Gasteiger partial charge in [0.15, 0.2) is 11.6 Å². The van der Waals surface area contributed by atoms with Crippen LogP contribution < -0.4 is 0 Å². The molecule has 0 amide bonds. The van der Waals surface area contributed by atoms with Gasteiger partial charge in [-0.15, -0.1) is 0 Å². The number of likely N-dealkylation sites (tertiary alicyclic amines) is 1. The number of nitrogens with zero attached hydrogens (tertiary/aromatic N) is 3. The van der Waals surface area contributed by atoms with Gasteiger partial charge in [0.25, 0.3) is 0 Å². The molecule has 0 saturated carbocycles. The van der Waals surface area contributed by atoms with Crippen LogP contribution in [0, 0.1) is 5.92 Å². The lowest BCUT2D eigenvalue weighted by Gasteiger charge is -2.33. The number of aromatic nitrogens is 2. The summed E-state index contributed by atoms with van der Waals surface area (Å²) in [5.41, 5.74) is 0.822. The van der Waals surface area contributed by atoms with E-state index in [0.717, 1.165) is 37.3 Å². The fourth-order valence-electron chi connectivity index (χ4n) is 3.19. The number of hydrogen-bond acceptors (Lipinski definition) is 5. The maximum absolute atomic E-state index is 12.6. The third kappa shape index (κ3) is 3.56. The molecule has 2 aromatic rings. The first kappa shape index (κ1) is 16.8. The Morgan fingerprint density at radius 3 is 2.42 bits per heavy atom. The molecule has 5 heteroatoms. The molecule has 2 heterocycles. The summed E-state index contributed by atoms with van der Waals surface area (Å²) in [5, 5.41) is 4.05. The van der Waals surface area contributed by atoms with Gasteiger partial charge in [-0.1, -0.05) is 49.3 Å². The molecule has 0 aliphatic carbocycles. The van der Waals surface area contributed by atoms with E-state index in [9.17, 15) is 4.79 Å². The van der Waals surface area contributed by atoms with Gasteiger partial charge in [0.1, 0.15) is 0 Å². The topological polar surface area (TPSA) is 59.2 Å². The van der Waals surface area contributed by atoms with Gasteiger partial charge in [0, 0.05) is 17.4 Å². The SMILES string of the molecule is CC(C)c1noc([C@H](C)N2CCC(C(=O)c3ccccc3)CC2)n1. The Morgan fingerprint density at radius 2 is 1.83 bits per heavy atom. The predicted molar refractivity (Wildman–Crippen MR) is 91.9 cm³/mol. The molecule has 1 saturated heterocycles. The van der Waals surface area contributed by atoms with Gasteiger partial charge >= 0.3 is 0 Å². The number of ketones is 1. The van der Waals surface area contributed by atoms with Gasteiger partial charge in [0.05, 0.1) is 6.04 Å². The summed E-state index contributed by atoms with van der Waals surface area (Å²) >= 11 is 0. The van der Waals surface area contributed by atoms with E-state index in [1.807, 2.05) is 30.3 Å². The molecule has 0 radical (unpaired) electrons. The number of benzene rings is 1. The molecule has 0 bridgehead atoms. The van der Waals surface area contributed by atoms with Crippen molar-refractivity contribution in [2.24, 2.45) is 5.92 Å². The van der Waals surface area contributed by atoms with Crippen molar-refractivity contribution in [3.63, 3.8) is 0 Å². The van der Waals surface area contributed by atoms with Crippen LogP contribution in [0.2, 0.25) is 0 Å². The Labute approximate surface area is 143 Å². The summed E-state index contributed by atoms with van der Waals surface area (Å²) in [6, 6.07) is 9.69. The van der Waals surface area contributed by atoms with E-state index >= 15 is 0 Å². The van der Waals surface area contributed by atoms with E-state index in [1.165, 1.54) is 0 Å². The predicted octanol–water partition coefficient (Wildman–Crippen LogP) is 3.85. The molecule has 1 fully saturated rings. The van der Waals surface area contributed by atoms with Crippen molar-refractivity contribution < 1.29 is 9.32 Å². The first-order valence-corrected chi connectivity index (χ1v) is 8.73. The van der Waals surface area contributed by atoms with Gasteiger partial charge < -0.3 is 4.52 Å². The lowest BCUT2D eigenvalue weighted by molar-refractivity contribution is 0.0774. The standard InChI is InChI=1S/C19H25N3O2/c1-13(2)18-20-19(24-21-18)14(3)22-11-9-16(10-12-22)17(23)15-7-5-4-6-8-15/h4-8,13-14,16H,9-12H2,1-3H3/t14-/m0/s1. The van der Waals surface area contributed by atoms with Gasteiger partial charge in [-0.3, -0.25) is 9.69 Å². The highest BCUT2D eigenvalue weighted by Gasteiger charge is 2.30. The fraction of sp³-hybridized carbons (Fsp3) is 0.526. The first-order valence-electron chi connectivity index (χ1n) is 8.73. The van der Waals surface area contributed by atoms with Gasteiger partial charge in [0.2, 0.25) is 5.89 Å². The molecule has 24 heavy (non-hydrogen) atoms. The van der Waals surface area contributed by atoms with Crippen LogP contribution in [0.5, 0.6) is 0 Å². The number of carbonyl (C=O) groups excluding carboxylic acids is 1. The number of carbonyl (C=O) groups is 1. The van der Waals surface area contributed by atoms with Gasteiger partial charge in [-0.05, 0) is 32.9 Å². The average Bonchev–Trinajstić information content (AvgIpc) is 3.12. The summed E-state index contributed by atoms with van der Waals surface area (Å²) in [5.74, 6) is 2.08. The van der Waals surface area contributed by atoms with E-state index in [0.29, 0.717) is 5.89 Å². The largest absolute Gasteiger partial charge is 0.338 e. The number of piperidine rings is 1. The highest BCUT2D eigenvalue weighted by molar-refractivity contribution is 5.97. The summed E-state index contributed by atoms with van der Waals surface area (Å²) < 4.78 is 5.41. The molecule has 0 spiro atoms. The lowest BCUT2D eigenvalue weighted by atomic mass is 9.88. The molecule has 0 unspecified atom stereocenters. The highest BCUT2D eigenvalue weighted by Crippen LogP contribution is 2.28. The third-order valence-corrected chi connectivity index (χ3v) is 4.84. The molecule has 1 aliphatic rings. The number of rotatable bonds is 5. The molecule has 1 atom stereocenters. The van der Waals surface area contributed by atoms with Gasteiger partial charge in [-0.2, -0.15) is 4.98 Å². The molecular formula is C19H25N3O2. The smallest absolute Gasteiger partial charge is 0.243 e. The molecule has 5 nitrogen and oxygen atoms in total. The highest BCUT2D eigenvalue weighted by atomic mass is 16.5. The number of Topliss-reactive ketones (excluding diaryl/α,β-unsaturated/α-hetero) is 1. The van der Waals surface area contributed by atoms with Crippen LogP contribution in [0.4, 0.5) is 0 Å². The van der Waals surface area contributed by atoms with E-state index in [2.05, 4.69) is 35.8 Å². The van der Waals surface area contributed by atoms with Crippen LogP contribution in [0.1, 0.15) is 67.6 Å². The van der Waals surface area contributed by atoms with Crippen LogP contribution in [-0.2, 0) is 0 Å². The van der Waals surface area contributed by atoms with Crippen molar-refractivity contribution in [2.45, 2.75) is 45.6 Å². The minimum atomic E-state index is 0.0952. The maximum atomic E-state index is 12.6. The monoisotopic (exact) mass is 327 g/mol. The molecule has 1 aromatic heterocycles. The van der Waals surface area contributed by atoms with Crippen molar-refractivity contribution in [2.75, 3.05) is 13.1 Å². The Balaban J connectivity index is 1.59. The van der Waals surface area contributed by atoms with Crippen molar-refractivity contribution >= 4 is 5.78 Å². The minimum absolute atomic E-state index is 0.0952. The second-order valence-electron chi connectivity index (χ2n) is 6.86. The van der Waals surface area contributed by atoms with E-state index in [4.69, 9.17) is 4.52 Å². The first-order chi connectivity index (χ1) is 11.6.